The van der Waals surface area contributed by atoms with E-state index in [9.17, 15) is 9.18 Å². The number of aryl methyl sites for hydroxylation is 1. The van der Waals surface area contributed by atoms with Crippen molar-refractivity contribution in [3.05, 3.63) is 71.0 Å². The van der Waals surface area contributed by atoms with Crippen LogP contribution in [-0.4, -0.2) is 39.3 Å². The molecule has 1 saturated heterocycles. The number of hydrogen-bond acceptors (Lipinski definition) is 4. The van der Waals surface area contributed by atoms with Crippen LogP contribution in [0.15, 0.2) is 48.5 Å². The molecule has 3 rings (SSSR count). The minimum atomic E-state index is -0.629. The lowest BCUT2D eigenvalue weighted by Gasteiger charge is -2.22. The van der Waals surface area contributed by atoms with Gasteiger partial charge in [-0.3, -0.25) is 0 Å². The number of benzene rings is 2. The topological polar surface area (TPSA) is 50.4 Å². The molecule has 1 heterocycles. The van der Waals surface area contributed by atoms with Crippen molar-refractivity contribution in [2.75, 3.05) is 33.3 Å². The molecule has 2 aromatic rings. The molecule has 158 valence electrons. The Morgan fingerprint density at radius 2 is 1.90 bits per heavy atom. The largest absolute Gasteiger partial charge is 0.465 e. The van der Waals surface area contributed by atoms with E-state index in [1.54, 1.807) is 12.1 Å². The van der Waals surface area contributed by atoms with Crippen LogP contribution in [-0.2, 0) is 11.2 Å². The average molecular weight is 401 g/mol. The molecule has 0 aliphatic carbocycles. The summed E-state index contributed by atoms with van der Waals surface area (Å²) < 4.78 is 17.9. The first-order chi connectivity index (χ1) is 14.2. The molecule has 0 spiro atoms. The van der Waals surface area contributed by atoms with Gasteiger partial charge in [0.2, 0.25) is 0 Å². The van der Waals surface area contributed by atoms with Crippen LogP contribution in [0.3, 0.4) is 0 Å². The fraction of sp³-hybridized carbons (Fsp3) is 0.458. The Kier molecular flexibility index (Phi) is 10.4. The van der Waals surface area contributed by atoms with Crippen molar-refractivity contribution in [1.82, 2.24) is 10.6 Å². The molecule has 1 aliphatic rings. The van der Waals surface area contributed by atoms with Gasteiger partial charge in [-0.25, -0.2) is 9.18 Å². The van der Waals surface area contributed by atoms with Gasteiger partial charge in [-0.2, -0.15) is 0 Å². The maximum Gasteiger partial charge on any atom is 0.340 e. The van der Waals surface area contributed by atoms with E-state index < -0.39 is 11.8 Å². The normalized spacial score (nSPS) is 14.0. The van der Waals surface area contributed by atoms with Gasteiger partial charge in [-0.15, -0.1) is 0 Å². The van der Waals surface area contributed by atoms with Gasteiger partial charge < -0.3 is 15.4 Å². The number of rotatable bonds is 7. The second-order valence-corrected chi connectivity index (χ2v) is 7.20. The van der Waals surface area contributed by atoms with Gasteiger partial charge in [0.05, 0.1) is 12.7 Å². The van der Waals surface area contributed by atoms with Crippen LogP contribution in [0.5, 0.6) is 0 Å². The number of methoxy groups -OCH3 is 1. The van der Waals surface area contributed by atoms with Gasteiger partial charge in [0.25, 0.3) is 0 Å². The van der Waals surface area contributed by atoms with Crippen LogP contribution < -0.4 is 10.6 Å². The maximum absolute atomic E-state index is 13.3. The van der Waals surface area contributed by atoms with E-state index in [1.807, 2.05) is 6.92 Å². The molecule has 0 atom stereocenters. The van der Waals surface area contributed by atoms with Gasteiger partial charge in [0.1, 0.15) is 5.82 Å². The Morgan fingerprint density at radius 3 is 2.55 bits per heavy atom. The van der Waals surface area contributed by atoms with E-state index in [2.05, 4.69) is 45.7 Å². The molecule has 29 heavy (non-hydrogen) atoms. The molecular weight excluding hydrogens is 367 g/mol. The molecule has 2 aromatic carbocycles. The van der Waals surface area contributed by atoms with Crippen molar-refractivity contribution < 1.29 is 13.9 Å². The van der Waals surface area contributed by atoms with Crippen molar-refractivity contribution in [3.8, 4) is 0 Å². The first-order valence-corrected chi connectivity index (χ1v) is 10.5. The number of piperidine rings is 1. The zero-order valence-corrected chi connectivity index (χ0v) is 17.5. The van der Waals surface area contributed by atoms with Gasteiger partial charge >= 0.3 is 5.97 Å². The molecular formula is C24H33FN2O2. The summed E-state index contributed by atoms with van der Waals surface area (Å²) in [7, 11) is 1.25. The Labute approximate surface area is 173 Å². The van der Waals surface area contributed by atoms with Gasteiger partial charge in [-0.05, 0) is 81.0 Å². The molecule has 0 unspecified atom stereocenters. The molecule has 0 radical (unpaired) electrons. The molecule has 5 heteroatoms. The molecule has 1 fully saturated rings. The molecule has 2 N–H and O–H groups in total. The zero-order chi connectivity index (χ0) is 20.9. The first kappa shape index (κ1) is 23.0. The molecule has 0 aromatic heterocycles. The number of esters is 1. The maximum atomic E-state index is 13.3. The van der Waals surface area contributed by atoms with Gasteiger partial charge in [0.15, 0.2) is 0 Å². The Bertz CT molecular complexity index is 731. The van der Waals surface area contributed by atoms with E-state index >= 15 is 0 Å². The monoisotopic (exact) mass is 400 g/mol. The standard InChI is InChI=1S/C13H18FNO2.C11H15N/c1-3-15-8-4-5-10-6-7-12(14)11(9-10)13(16)17-2;1-2-4-10(5-3-1)11-6-8-12-9-7-11/h6-7,9,15H,3-5,8H2,1-2H3;1-5,11-12H,6-9H2. The number of halogens is 1. The predicted octanol–water partition coefficient (Wildman–Crippen LogP) is 4.31. The van der Waals surface area contributed by atoms with E-state index in [0.717, 1.165) is 37.4 Å². The molecule has 4 nitrogen and oxygen atoms in total. The number of nitrogens with one attached hydrogen (secondary N) is 2. The average Bonchev–Trinajstić information content (AvgIpc) is 2.79. The summed E-state index contributed by atoms with van der Waals surface area (Å²) in [5.41, 5.74) is 2.47. The summed E-state index contributed by atoms with van der Waals surface area (Å²) in [6.45, 7) is 6.27. The summed E-state index contributed by atoms with van der Waals surface area (Å²) in [6, 6.07) is 15.4. The minimum absolute atomic E-state index is 0.00782. The smallest absolute Gasteiger partial charge is 0.340 e. The third kappa shape index (κ3) is 7.95. The highest BCUT2D eigenvalue weighted by molar-refractivity contribution is 5.89. The van der Waals surface area contributed by atoms with E-state index in [-0.39, 0.29) is 5.56 Å². The van der Waals surface area contributed by atoms with Crippen LogP contribution in [0.2, 0.25) is 0 Å². The summed E-state index contributed by atoms with van der Waals surface area (Å²) in [5.74, 6) is -0.365. The van der Waals surface area contributed by atoms with Crippen LogP contribution in [0, 0.1) is 5.82 Å². The Hall–Kier alpha value is -2.24. The zero-order valence-electron chi connectivity index (χ0n) is 17.5. The second-order valence-electron chi connectivity index (χ2n) is 7.20. The number of carbonyl (C=O) groups excluding carboxylic acids is 1. The van der Waals surface area contributed by atoms with Crippen molar-refractivity contribution in [3.63, 3.8) is 0 Å². The fourth-order valence-corrected chi connectivity index (χ4v) is 3.47. The minimum Gasteiger partial charge on any atom is -0.465 e. The van der Waals surface area contributed by atoms with Crippen molar-refractivity contribution >= 4 is 5.97 Å². The van der Waals surface area contributed by atoms with Crippen molar-refractivity contribution in [2.24, 2.45) is 0 Å². The van der Waals surface area contributed by atoms with E-state index in [0.29, 0.717) is 0 Å². The summed E-state index contributed by atoms with van der Waals surface area (Å²) in [4.78, 5) is 11.3. The third-order valence-corrected chi connectivity index (χ3v) is 5.12. The highest BCUT2D eigenvalue weighted by atomic mass is 19.1. The van der Waals surface area contributed by atoms with Gasteiger partial charge in [-0.1, -0.05) is 43.3 Å². The molecule has 1 aliphatic heterocycles. The van der Waals surface area contributed by atoms with E-state index in [1.165, 1.54) is 44.7 Å². The Morgan fingerprint density at radius 1 is 1.17 bits per heavy atom. The van der Waals surface area contributed by atoms with Crippen molar-refractivity contribution in [2.45, 2.75) is 38.5 Å². The van der Waals surface area contributed by atoms with Gasteiger partial charge in [0, 0.05) is 0 Å². The highest BCUT2D eigenvalue weighted by Crippen LogP contribution is 2.24. The summed E-state index contributed by atoms with van der Waals surface area (Å²) in [6.07, 6.45) is 4.37. The van der Waals surface area contributed by atoms with Crippen molar-refractivity contribution in [1.29, 1.82) is 0 Å². The third-order valence-electron chi connectivity index (χ3n) is 5.12. The lowest BCUT2D eigenvalue weighted by Crippen LogP contribution is -2.26. The molecule has 0 amide bonds. The lowest BCUT2D eigenvalue weighted by atomic mass is 9.90. The summed E-state index contributed by atoms with van der Waals surface area (Å²) in [5, 5.41) is 6.60. The molecule has 0 bridgehead atoms. The number of hydrogen-bond donors (Lipinski definition) is 2. The molecule has 0 saturated carbocycles. The van der Waals surface area contributed by atoms with Crippen LogP contribution in [0.25, 0.3) is 0 Å². The van der Waals surface area contributed by atoms with Crippen LogP contribution >= 0.6 is 0 Å². The number of ether oxygens (including phenoxy) is 1. The highest BCUT2D eigenvalue weighted by Gasteiger charge is 2.14. The quantitative estimate of drug-likeness (QED) is 0.537. The summed E-state index contributed by atoms with van der Waals surface area (Å²) >= 11 is 0. The predicted molar refractivity (Wildman–Crippen MR) is 116 cm³/mol. The SMILES string of the molecule is CCNCCCc1ccc(F)c(C(=O)OC)c1.c1ccc(C2CCNCC2)cc1. The fourth-order valence-electron chi connectivity index (χ4n) is 3.47. The second kappa shape index (κ2) is 13.1. The van der Waals surface area contributed by atoms with E-state index in [4.69, 9.17) is 0 Å². The Balaban J connectivity index is 0.000000218. The lowest BCUT2D eigenvalue weighted by molar-refractivity contribution is 0.0595. The van der Waals surface area contributed by atoms with Crippen LogP contribution in [0.4, 0.5) is 4.39 Å². The number of carbonyl (C=O) groups is 1. The van der Waals surface area contributed by atoms with Crippen LogP contribution in [0.1, 0.15) is 53.6 Å². The first-order valence-electron chi connectivity index (χ1n) is 10.5.